The van der Waals surface area contributed by atoms with Crippen molar-refractivity contribution in [3.8, 4) is 6.01 Å². The third-order valence-electron chi connectivity index (χ3n) is 10.3. The lowest BCUT2D eigenvalue weighted by Crippen LogP contribution is -2.62. The predicted molar refractivity (Wildman–Crippen MR) is 175 cm³/mol. The molecular weight excluding hydrogens is 566 g/mol. The number of ether oxygens (including phenoxy) is 3. The largest absolute Gasteiger partial charge is 0.462 e. The normalized spacial score (nSPS) is 23.2. The number of likely N-dealkylation sites (tertiary alicyclic amines) is 2. The zero-order chi connectivity index (χ0) is 31.3. The number of likely N-dealkylation sites (N-methyl/N-ethyl adjacent to an activating group) is 1. The van der Waals surface area contributed by atoms with Gasteiger partial charge in [0.15, 0.2) is 0 Å². The summed E-state index contributed by atoms with van der Waals surface area (Å²) in [6.07, 6.45) is 4.74. The number of aryl methyl sites for hydroxylation is 1. The number of nitrogens with zero attached hydrogens (tertiary/aromatic N) is 5. The number of hydrogen-bond donors (Lipinski definition) is 0. The summed E-state index contributed by atoms with van der Waals surface area (Å²) in [5.74, 6) is 0.945. The molecule has 240 valence electrons. The number of fused-ring (bicyclic) bond motifs is 2. The third kappa shape index (κ3) is 6.09. The molecule has 2 atom stereocenters. The van der Waals surface area contributed by atoms with Crippen LogP contribution in [0, 0.1) is 12.3 Å². The maximum Gasteiger partial charge on any atom is 0.410 e. The molecule has 1 spiro atoms. The highest BCUT2D eigenvalue weighted by Gasteiger charge is 2.48. The van der Waals surface area contributed by atoms with Crippen LogP contribution in [0.5, 0.6) is 6.01 Å². The highest BCUT2D eigenvalue weighted by Crippen LogP contribution is 2.44. The molecule has 9 heteroatoms. The maximum atomic E-state index is 12.6. The number of rotatable bonds is 5. The van der Waals surface area contributed by atoms with Gasteiger partial charge < -0.3 is 28.9 Å². The fraction of sp³-hybridized carbons (Fsp3) is 0.583. The smallest absolute Gasteiger partial charge is 0.410 e. The summed E-state index contributed by atoms with van der Waals surface area (Å²) in [7, 11) is 2.17. The second-order valence-corrected chi connectivity index (χ2v) is 14.7. The Kier molecular flexibility index (Phi) is 7.89. The summed E-state index contributed by atoms with van der Waals surface area (Å²) in [5, 5.41) is 2.50. The van der Waals surface area contributed by atoms with E-state index in [2.05, 4.69) is 60.2 Å². The molecule has 0 aliphatic carbocycles. The van der Waals surface area contributed by atoms with Crippen LogP contribution in [0.1, 0.15) is 74.9 Å². The lowest BCUT2D eigenvalue weighted by molar-refractivity contribution is -0.0435. The molecule has 3 saturated heterocycles. The van der Waals surface area contributed by atoms with Crippen LogP contribution in [-0.2, 0) is 22.5 Å². The topological polar surface area (TPSA) is 80.3 Å². The average Bonchev–Trinajstić information content (AvgIpc) is 3.41. The number of carbonyl (C=O) groups excluding carboxylic acids is 1. The number of piperidine rings is 1. The van der Waals surface area contributed by atoms with Crippen LogP contribution < -0.4 is 9.64 Å². The van der Waals surface area contributed by atoms with Crippen molar-refractivity contribution in [2.24, 2.45) is 5.41 Å². The Labute approximate surface area is 266 Å². The molecule has 1 aromatic heterocycles. The molecule has 9 nitrogen and oxygen atoms in total. The van der Waals surface area contributed by atoms with E-state index in [4.69, 9.17) is 24.2 Å². The first kappa shape index (κ1) is 30.2. The van der Waals surface area contributed by atoms with Gasteiger partial charge in [0.2, 0.25) is 0 Å². The van der Waals surface area contributed by atoms with E-state index in [0.29, 0.717) is 31.7 Å². The summed E-state index contributed by atoms with van der Waals surface area (Å²) >= 11 is 0. The van der Waals surface area contributed by atoms with Crippen LogP contribution in [0.25, 0.3) is 10.8 Å². The molecular formula is C36H47N5O4. The van der Waals surface area contributed by atoms with Crippen LogP contribution in [0.2, 0.25) is 0 Å². The molecule has 0 radical (unpaired) electrons. The monoisotopic (exact) mass is 613 g/mol. The highest BCUT2D eigenvalue weighted by molar-refractivity contribution is 5.89. The van der Waals surface area contributed by atoms with Gasteiger partial charge in [-0.05, 0) is 88.9 Å². The number of carbonyl (C=O) groups is 1. The molecule has 7 rings (SSSR count). The van der Waals surface area contributed by atoms with Gasteiger partial charge in [0.05, 0.1) is 18.4 Å². The van der Waals surface area contributed by atoms with E-state index in [1.54, 1.807) is 0 Å². The van der Waals surface area contributed by atoms with Gasteiger partial charge in [-0.2, -0.15) is 9.97 Å². The predicted octanol–water partition coefficient (Wildman–Crippen LogP) is 6.06. The van der Waals surface area contributed by atoms with Crippen molar-refractivity contribution in [3.63, 3.8) is 0 Å². The fourth-order valence-electron chi connectivity index (χ4n) is 7.68. The van der Waals surface area contributed by atoms with E-state index >= 15 is 0 Å². The summed E-state index contributed by atoms with van der Waals surface area (Å²) in [4.78, 5) is 29.3. The van der Waals surface area contributed by atoms with Crippen molar-refractivity contribution in [3.05, 3.63) is 58.8 Å². The molecule has 4 aliphatic heterocycles. The van der Waals surface area contributed by atoms with Crippen molar-refractivity contribution in [1.82, 2.24) is 19.8 Å². The Bertz CT molecular complexity index is 1560. The van der Waals surface area contributed by atoms with Crippen LogP contribution in [-0.4, -0.2) is 83.9 Å². The van der Waals surface area contributed by atoms with E-state index in [-0.39, 0.29) is 17.6 Å². The standard InChI is InChI=1S/C36H47N5O4/c1-24-9-6-10-25-11-7-13-27(31(24)25)30-19-29-28(21-43-30)32(38-33(37-29)44-20-26-12-8-16-39(26)5)40-17-14-36(15-18-40)22-41(23-36)34(42)45-35(2,3)4/h6-7,9-11,13,26,30H,8,12,14-23H2,1-5H3/t26-,30?/m0/s1. The van der Waals surface area contributed by atoms with Gasteiger partial charge in [0.1, 0.15) is 18.0 Å². The zero-order valence-electron chi connectivity index (χ0n) is 27.5. The summed E-state index contributed by atoms with van der Waals surface area (Å²) in [6, 6.07) is 13.8. The van der Waals surface area contributed by atoms with E-state index in [1.165, 1.54) is 28.3 Å². The molecule has 3 aromatic rings. The Balaban J connectivity index is 1.12. The molecule has 4 aliphatic rings. The first-order chi connectivity index (χ1) is 21.6. The minimum Gasteiger partial charge on any atom is -0.462 e. The maximum absolute atomic E-state index is 12.6. The number of hydrogen-bond acceptors (Lipinski definition) is 8. The number of aromatic nitrogens is 2. The number of benzene rings is 2. The van der Waals surface area contributed by atoms with Crippen molar-refractivity contribution >= 4 is 22.7 Å². The van der Waals surface area contributed by atoms with Gasteiger partial charge in [-0.15, -0.1) is 0 Å². The zero-order valence-corrected chi connectivity index (χ0v) is 27.5. The second kappa shape index (κ2) is 11.7. The van der Waals surface area contributed by atoms with Crippen molar-refractivity contribution < 1.29 is 19.0 Å². The Hall–Kier alpha value is -3.43. The van der Waals surface area contributed by atoms with Gasteiger partial charge in [-0.25, -0.2) is 4.79 Å². The minimum atomic E-state index is -0.476. The van der Waals surface area contributed by atoms with E-state index < -0.39 is 5.60 Å². The highest BCUT2D eigenvalue weighted by atomic mass is 16.6. The van der Waals surface area contributed by atoms with Gasteiger partial charge >= 0.3 is 12.1 Å². The van der Waals surface area contributed by atoms with Gasteiger partial charge in [-0.3, -0.25) is 0 Å². The molecule has 0 bridgehead atoms. The van der Waals surface area contributed by atoms with E-state index in [1.807, 2.05) is 25.7 Å². The quantitative estimate of drug-likeness (QED) is 0.344. The minimum absolute atomic E-state index is 0.0858. The van der Waals surface area contributed by atoms with Crippen molar-refractivity contribution in [1.29, 1.82) is 0 Å². The summed E-state index contributed by atoms with van der Waals surface area (Å²) < 4.78 is 18.6. The van der Waals surface area contributed by atoms with E-state index in [0.717, 1.165) is 69.1 Å². The third-order valence-corrected chi connectivity index (χ3v) is 10.3. The molecule has 2 aromatic carbocycles. The van der Waals surface area contributed by atoms with Crippen LogP contribution in [0.3, 0.4) is 0 Å². The van der Waals surface area contributed by atoms with E-state index in [9.17, 15) is 4.79 Å². The first-order valence-corrected chi connectivity index (χ1v) is 16.6. The van der Waals surface area contributed by atoms with Crippen molar-refractivity contribution in [2.75, 3.05) is 51.3 Å². The fourth-order valence-corrected chi connectivity index (χ4v) is 7.68. The molecule has 5 heterocycles. The molecule has 45 heavy (non-hydrogen) atoms. The number of amides is 1. The van der Waals surface area contributed by atoms with Crippen LogP contribution in [0.4, 0.5) is 10.6 Å². The van der Waals surface area contributed by atoms with Crippen molar-refractivity contribution in [2.45, 2.75) is 84.2 Å². The summed E-state index contributed by atoms with van der Waals surface area (Å²) in [6.45, 7) is 13.4. The van der Waals surface area contributed by atoms with Gasteiger partial charge in [0, 0.05) is 49.6 Å². The molecule has 1 amide bonds. The SMILES string of the molecule is Cc1cccc2cccc(C3Cc4nc(OC[C@@H]5CCCN5C)nc(N5CCC6(CC5)CN(C(=O)OC(C)(C)C)C6)c4CO3)c12. The first-order valence-electron chi connectivity index (χ1n) is 16.6. The van der Waals surface area contributed by atoms with Gasteiger partial charge in [0.25, 0.3) is 0 Å². The van der Waals surface area contributed by atoms with Crippen LogP contribution >= 0.6 is 0 Å². The van der Waals surface area contributed by atoms with Gasteiger partial charge in [-0.1, -0.05) is 36.4 Å². The Morgan fingerprint density at radius 1 is 1.07 bits per heavy atom. The molecule has 3 fully saturated rings. The molecule has 0 saturated carbocycles. The van der Waals surface area contributed by atoms with Crippen LogP contribution in [0.15, 0.2) is 36.4 Å². The number of anilines is 1. The summed E-state index contributed by atoms with van der Waals surface area (Å²) in [5.41, 5.74) is 4.25. The Morgan fingerprint density at radius 3 is 2.53 bits per heavy atom. The average molecular weight is 614 g/mol. The molecule has 1 unspecified atom stereocenters. The lowest BCUT2D eigenvalue weighted by atomic mass is 9.72. The Morgan fingerprint density at radius 2 is 1.82 bits per heavy atom. The second-order valence-electron chi connectivity index (χ2n) is 14.7. The lowest BCUT2D eigenvalue weighted by Gasteiger charge is -2.53. The molecule has 0 N–H and O–H groups in total.